The van der Waals surface area contributed by atoms with E-state index in [1.807, 2.05) is 0 Å². The topological polar surface area (TPSA) is 102 Å². The van der Waals surface area contributed by atoms with Gasteiger partial charge in [0.15, 0.2) is 5.37 Å². The quantitative estimate of drug-likeness (QED) is 0.694. The van der Waals surface area contributed by atoms with Crippen molar-refractivity contribution < 1.29 is 17.9 Å². The van der Waals surface area contributed by atoms with Crippen LogP contribution >= 0.6 is 0 Å². The summed E-state index contributed by atoms with van der Waals surface area (Å²) in [6.07, 6.45) is 0.0101. The number of amides is 1. The minimum Gasteiger partial charge on any atom is -0.444 e. The fourth-order valence-corrected chi connectivity index (χ4v) is 2.57. The molecule has 1 saturated heterocycles. The number of ether oxygens (including phenoxy) is 1. The van der Waals surface area contributed by atoms with E-state index in [9.17, 15) is 13.2 Å². The maximum absolute atomic E-state index is 12.0. The van der Waals surface area contributed by atoms with Crippen molar-refractivity contribution in [3.63, 3.8) is 0 Å². The molecule has 0 radical (unpaired) electrons. The third-order valence-corrected chi connectivity index (χ3v) is 3.61. The van der Waals surface area contributed by atoms with Crippen LogP contribution < -0.4 is 10.5 Å². The summed E-state index contributed by atoms with van der Waals surface area (Å²) in [5.74, 6) is 0. The largest absolute Gasteiger partial charge is 0.444 e. The summed E-state index contributed by atoms with van der Waals surface area (Å²) in [5.41, 5.74) is -0.667. The zero-order chi connectivity index (χ0) is 14.0. The van der Waals surface area contributed by atoms with E-state index in [0.29, 0.717) is 19.5 Å². The van der Waals surface area contributed by atoms with Crippen LogP contribution in [0.4, 0.5) is 4.79 Å². The van der Waals surface area contributed by atoms with E-state index in [2.05, 4.69) is 5.32 Å². The SMILES string of the molecule is CC(C)(C)OC(=O)N1CCCNCC1S(N)(=O)=O. The molecule has 1 unspecified atom stereocenters. The molecule has 106 valence electrons. The average molecular weight is 279 g/mol. The Hall–Kier alpha value is -0.860. The smallest absolute Gasteiger partial charge is 0.411 e. The van der Waals surface area contributed by atoms with Gasteiger partial charge in [-0.05, 0) is 33.7 Å². The second-order valence-corrected chi connectivity index (χ2v) is 7.00. The number of hydrogen-bond donors (Lipinski definition) is 2. The van der Waals surface area contributed by atoms with Crippen LogP contribution in [0.1, 0.15) is 27.2 Å². The summed E-state index contributed by atoms with van der Waals surface area (Å²) >= 11 is 0. The molecular weight excluding hydrogens is 258 g/mol. The lowest BCUT2D eigenvalue weighted by Crippen LogP contribution is -2.52. The number of nitrogens with one attached hydrogen (secondary N) is 1. The van der Waals surface area contributed by atoms with Gasteiger partial charge in [0.1, 0.15) is 5.60 Å². The molecule has 1 rings (SSSR count). The van der Waals surface area contributed by atoms with Gasteiger partial charge in [-0.3, -0.25) is 4.90 Å². The van der Waals surface area contributed by atoms with Crippen molar-refractivity contribution in [2.24, 2.45) is 5.14 Å². The highest BCUT2D eigenvalue weighted by atomic mass is 32.2. The molecule has 1 fully saturated rings. The Bertz CT molecular complexity index is 402. The monoisotopic (exact) mass is 279 g/mol. The molecule has 8 heteroatoms. The average Bonchev–Trinajstić information content (AvgIpc) is 2.37. The zero-order valence-corrected chi connectivity index (χ0v) is 11.8. The Balaban J connectivity index is 2.90. The minimum absolute atomic E-state index is 0.123. The lowest BCUT2D eigenvalue weighted by molar-refractivity contribution is 0.0233. The van der Waals surface area contributed by atoms with Gasteiger partial charge < -0.3 is 10.1 Å². The Morgan fingerprint density at radius 2 is 2.06 bits per heavy atom. The Kier molecular flexibility index (Phi) is 4.57. The molecule has 0 aromatic carbocycles. The van der Waals surface area contributed by atoms with E-state index in [1.54, 1.807) is 20.8 Å². The highest BCUT2D eigenvalue weighted by Crippen LogP contribution is 2.15. The van der Waals surface area contributed by atoms with Gasteiger partial charge in [0, 0.05) is 13.1 Å². The van der Waals surface area contributed by atoms with Crippen LogP contribution in [0.5, 0.6) is 0 Å². The van der Waals surface area contributed by atoms with Crippen molar-refractivity contribution in [3.05, 3.63) is 0 Å². The van der Waals surface area contributed by atoms with Gasteiger partial charge in [-0.1, -0.05) is 0 Å². The molecule has 0 bridgehead atoms. The van der Waals surface area contributed by atoms with E-state index in [0.717, 1.165) is 0 Å². The molecule has 7 nitrogen and oxygen atoms in total. The van der Waals surface area contributed by atoms with Gasteiger partial charge in [-0.15, -0.1) is 0 Å². The molecule has 1 aliphatic heterocycles. The first-order chi connectivity index (χ1) is 8.11. The number of rotatable bonds is 1. The first kappa shape index (κ1) is 15.2. The molecule has 0 spiro atoms. The summed E-state index contributed by atoms with van der Waals surface area (Å²) in [5, 5.41) is 7.02. The lowest BCUT2D eigenvalue weighted by atomic mass is 10.2. The summed E-state index contributed by atoms with van der Waals surface area (Å²) in [4.78, 5) is 13.2. The molecule has 1 amide bonds. The first-order valence-electron chi connectivity index (χ1n) is 5.83. The molecule has 18 heavy (non-hydrogen) atoms. The number of carbonyl (C=O) groups is 1. The van der Waals surface area contributed by atoms with Crippen LogP contribution in [0.15, 0.2) is 0 Å². The Morgan fingerprint density at radius 1 is 1.44 bits per heavy atom. The van der Waals surface area contributed by atoms with E-state index >= 15 is 0 Å². The minimum atomic E-state index is -3.84. The van der Waals surface area contributed by atoms with Crippen LogP contribution in [0.2, 0.25) is 0 Å². The van der Waals surface area contributed by atoms with Crippen molar-refractivity contribution in [2.75, 3.05) is 19.6 Å². The molecule has 1 atom stereocenters. The van der Waals surface area contributed by atoms with Crippen molar-refractivity contribution in [3.8, 4) is 0 Å². The van der Waals surface area contributed by atoms with E-state index in [-0.39, 0.29) is 6.54 Å². The van der Waals surface area contributed by atoms with E-state index in [1.165, 1.54) is 4.90 Å². The molecular formula is C10H21N3O4S. The van der Waals surface area contributed by atoms with Gasteiger partial charge in [-0.2, -0.15) is 0 Å². The van der Waals surface area contributed by atoms with Crippen LogP contribution in [-0.2, 0) is 14.8 Å². The summed E-state index contributed by atoms with van der Waals surface area (Å²) in [6, 6.07) is 0. The number of nitrogens with zero attached hydrogens (tertiary/aromatic N) is 1. The van der Waals surface area contributed by atoms with Gasteiger partial charge in [0.2, 0.25) is 10.0 Å². The Labute approximate surface area is 108 Å². The standard InChI is InChI=1S/C10H21N3O4S/c1-10(2,3)17-9(14)13-6-4-5-12-7-8(13)18(11,15)16/h8,12H,4-7H2,1-3H3,(H2,11,15,16). The van der Waals surface area contributed by atoms with Gasteiger partial charge in [0.25, 0.3) is 0 Å². The number of nitrogens with two attached hydrogens (primary N) is 1. The third kappa shape index (κ3) is 4.43. The van der Waals surface area contributed by atoms with Gasteiger partial charge in [0.05, 0.1) is 0 Å². The molecule has 0 aromatic heterocycles. The summed E-state index contributed by atoms with van der Waals surface area (Å²) in [6.45, 7) is 6.26. The number of primary sulfonamides is 1. The lowest BCUT2D eigenvalue weighted by Gasteiger charge is -2.30. The van der Waals surface area contributed by atoms with Crippen LogP contribution in [0, 0.1) is 0 Å². The molecule has 1 heterocycles. The van der Waals surface area contributed by atoms with E-state index in [4.69, 9.17) is 9.88 Å². The fraction of sp³-hybridized carbons (Fsp3) is 0.900. The van der Waals surface area contributed by atoms with Crippen LogP contribution in [0.3, 0.4) is 0 Å². The zero-order valence-electron chi connectivity index (χ0n) is 11.0. The highest BCUT2D eigenvalue weighted by Gasteiger charge is 2.35. The maximum atomic E-state index is 12.0. The molecule has 0 aliphatic carbocycles. The third-order valence-electron chi connectivity index (χ3n) is 2.43. The van der Waals surface area contributed by atoms with E-state index < -0.39 is 27.1 Å². The highest BCUT2D eigenvalue weighted by molar-refractivity contribution is 7.89. The second kappa shape index (κ2) is 5.41. The van der Waals surface area contributed by atoms with Crippen molar-refractivity contribution in [1.29, 1.82) is 0 Å². The predicted molar refractivity (Wildman–Crippen MR) is 67.3 cm³/mol. The predicted octanol–water partition coefficient (Wildman–Crippen LogP) is -0.169. The summed E-state index contributed by atoms with van der Waals surface area (Å²) in [7, 11) is -3.84. The summed E-state index contributed by atoms with van der Waals surface area (Å²) < 4.78 is 28.2. The van der Waals surface area contributed by atoms with Crippen molar-refractivity contribution >= 4 is 16.1 Å². The number of carbonyl (C=O) groups excluding carboxylic acids is 1. The molecule has 1 aliphatic rings. The van der Waals surface area contributed by atoms with Crippen LogP contribution in [0.25, 0.3) is 0 Å². The van der Waals surface area contributed by atoms with Crippen LogP contribution in [-0.4, -0.2) is 50.0 Å². The van der Waals surface area contributed by atoms with Gasteiger partial charge >= 0.3 is 6.09 Å². The normalized spacial score (nSPS) is 22.4. The molecule has 0 saturated carbocycles. The number of sulfonamides is 1. The molecule has 3 N–H and O–H groups in total. The van der Waals surface area contributed by atoms with Crippen molar-refractivity contribution in [1.82, 2.24) is 10.2 Å². The second-order valence-electron chi connectivity index (χ2n) is 5.28. The number of hydrogen-bond acceptors (Lipinski definition) is 5. The van der Waals surface area contributed by atoms with Gasteiger partial charge in [-0.25, -0.2) is 18.4 Å². The Morgan fingerprint density at radius 3 is 2.56 bits per heavy atom. The molecule has 0 aromatic rings. The maximum Gasteiger partial charge on any atom is 0.411 e. The fourth-order valence-electron chi connectivity index (χ4n) is 1.68. The van der Waals surface area contributed by atoms with Crippen molar-refractivity contribution in [2.45, 2.75) is 38.2 Å². The first-order valence-corrected chi connectivity index (χ1v) is 7.44.